The molecule has 2 heteroatoms. The van der Waals surface area contributed by atoms with Crippen molar-refractivity contribution in [1.29, 1.82) is 0 Å². The minimum atomic E-state index is -0.436. The average molecular weight is 266 g/mol. The standard InChI is InChI=1S/C18H18O2/c1-11-5-7-15(13(3)9-11)17(19)18(20)16-8-6-12(2)10-14(16)4/h5-10H,1-4H3. The Balaban J connectivity index is 2.40. The molecule has 20 heavy (non-hydrogen) atoms. The van der Waals surface area contributed by atoms with Gasteiger partial charge in [0.1, 0.15) is 0 Å². The Bertz CT molecular complexity index is 635. The third-order valence-corrected chi connectivity index (χ3v) is 3.46. The van der Waals surface area contributed by atoms with Gasteiger partial charge in [0.15, 0.2) is 0 Å². The smallest absolute Gasteiger partial charge is 0.233 e. The van der Waals surface area contributed by atoms with Gasteiger partial charge in [-0.3, -0.25) is 9.59 Å². The van der Waals surface area contributed by atoms with E-state index in [1.54, 1.807) is 12.1 Å². The van der Waals surface area contributed by atoms with Crippen molar-refractivity contribution in [3.63, 3.8) is 0 Å². The van der Waals surface area contributed by atoms with Crippen LogP contribution in [0.1, 0.15) is 43.0 Å². The van der Waals surface area contributed by atoms with Crippen molar-refractivity contribution < 1.29 is 9.59 Å². The molecule has 0 spiro atoms. The third-order valence-electron chi connectivity index (χ3n) is 3.46. The average Bonchev–Trinajstić information content (AvgIpc) is 2.37. The molecule has 0 aliphatic heterocycles. The van der Waals surface area contributed by atoms with E-state index in [0.717, 1.165) is 22.3 Å². The van der Waals surface area contributed by atoms with Crippen LogP contribution in [0, 0.1) is 27.7 Å². The van der Waals surface area contributed by atoms with Gasteiger partial charge in [0.25, 0.3) is 0 Å². The molecule has 2 nitrogen and oxygen atoms in total. The van der Waals surface area contributed by atoms with Gasteiger partial charge in [0, 0.05) is 11.1 Å². The molecule has 0 saturated carbocycles. The van der Waals surface area contributed by atoms with Crippen molar-refractivity contribution in [3.05, 3.63) is 69.8 Å². The van der Waals surface area contributed by atoms with Crippen LogP contribution in [0.15, 0.2) is 36.4 Å². The molecule has 0 saturated heterocycles. The SMILES string of the molecule is Cc1ccc(C(=O)C(=O)c2ccc(C)cc2C)c(C)c1. The molecule has 0 radical (unpaired) electrons. The van der Waals surface area contributed by atoms with E-state index in [-0.39, 0.29) is 0 Å². The highest BCUT2D eigenvalue weighted by molar-refractivity contribution is 6.49. The fraction of sp³-hybridized carbons (Fsp3) is 0.222. The lowest BCUT2D eigenvalue weighted by molar-refractivity contribution is 0.0816. The van der Waals surface area contributed by atoms with Crippen LogP contribution >= 0.6 is 0 Å². The first kappa shape index (κ1) is 14.2. The van der Waals surface area contributed by atoms with E-state index in [4.69, 9.17) is 0 Å². The van der Waals surface area contributed by atoms with Gasteiger partial charge in [-0.25, -0.2) is 0 Å². The van der Waals surface area contributed by atoms with E-state index in [1.165, 1.54) is 0 Å². The van der Waals surface area contributed by atoms with Gasteiger partial charge in [-0.05, 0) is 38.8 Å². The molecule has 0 aliphatic carbocycles. The molecule has 0 aliphatic rings. The monoisotopic (exact) mass is 266 g/mol. The first-order valence-electron chi connectivity index (χ1n) is 6.63. The van der Waals surface area contributed by atoms with Gasteiger partial charge in [0.05, 0.1) is 0 Å². The Hall–Kier alpha value is -2.22. The predicted octanol–water partition coefficient (Wildman–Crippen LogP) is 3.99. The van der Waals surface area contributed by atoms with Crippen molar-refractivity contribution >= 4 is 11.6 Å². The summed E-state index contributed by atoms with van der Waals surface area (Å²) in [5, 5.41) is 0. The minimum absolute atomic E-state index is 0.436. The summed E-state index contributed by atoms with van der Waals surface area (Å²) in [6.45, 7) is 7.64. The Morgan fingerprint density at radius 3 is 1.30 bits per heavy atom. The second-order valence-electron chi connectivity index (χ2n) is 5.29. The van der Waals surface area contributed by atoms with Crippen molar-refractivity contribution in [2.45, 2.75) is 27.7 Å². The summed E-state index contributed by atoms with van der Waals surface area (Å²) in [4.78, 5) is 24.7. The van der Waals surface area contributed by atoms with E-state index in [2.05, 4.69) is 0 Å². The maximum atomic E-state index is 12.4. The number of hydrogen-bond donors (Lipinski definition) is 0. The van der Waals surface area contributed by atoms with E-state index in [1.807, 2.05) is 52.0 Å². The number of hydrogen-bond acceptors (Lipinski definition) is 2. The summed E-state index contributed by atoms with van der Waals surface area (Å²) in [5.41, 5.74) is 4.82. The lowest BCUT2D eigenvalue weighted by Gasteiger charge is -2.08. The zero-order valence-corrected chi connectivity index (χ0v) is 12.3. The molecular formula is C18H18O2. The maximum absolute atomic E-state index is 12.4. The molecule has 0 bridgehead atoms. The Morgan fingerprint density at radius 2 is 1.00 bits per heavy atom. The largest absolute Gasteiger partial charge is 0.285 e. The van der Waals surface area contributed by atoms with Crippen molar-refractivity contribution in [3.8, 4) is 0 Å². The molecule has 2 aromatic rings. The van der Waals surface area contributed by atoms with Crippen LogP contribution in [0.3, 0.4) is 0 Å². The van der Waals surface area contributed by atoms with Crippen LogP contribution in [0.2, 0.25) is 0 Å². The molecule has 0 N–H and O–H groups in total. The third kappa shape index (κ3) is 2.69. The Labute approximate surface area is 119 Å². The summed E-state index contributed by atoms with van der Waals surface area (Å²) in [6.07, 6.45) is 0. The summed E-state index contributed by atoms with van der Waals surface area (Å²) in [6, 6.07) is 11.0. The topological polar surface area (TPSA) is 34.1 Å². The van der Waals surface area contributed by atoms with Gasteiger partial charge in [-0.1, -0.05) is 47.5 Å². The summed E-state index contributed by atoms with van der Waals surface area (Å²) < 4.78 is 0. The Morgan fingerprint density at radius 1 is 0.650 bits per heavy atom. The quantitative estimate of drug-likeness (QED) is 0.622. The van der Waals surface area contributed by atoms with Gasteiger partial charge in [-0.15, -0.1) is 0 Å². The molecule has 102 valence electrons. The van der Waals surface area contributed by atoms with Crippen LogP contribution in [0.5, 0.6) is 0 Å². The van der Waals surface area contributed by atoms with Crippen molar-refractivity contribution in [2.24, 2.45) is 0 Å². The lowest BCUT2D eigenvalue weighted by atomic mass is 9.94. The maximum Gasteiger partial charge on any atom is 0.233 e. The van der Waals surface area contributed by atoms with Crippen LogP contribution in [0.25, 0.3) is 0 Å². The van der Waals surface area contributed by atoms with Crippen LogP contribution in [-0.2, 0) is 0 Å². The van der Waals surface area contributed by atoms with E-state index >= 15 is 0 Å². The predicted molar refractivity (Wildman–Crippen MR) is 80.5 cm³/mol. The summed E-state index contributed by atoms with van der Waals surface area (Å²) >= 11 is 0. The highest BCUT2D eigenvalue weighted by atomic mass is 16.2. The summed E-state index contributed by atoms with van der Waals surface area (Å²) in [5.74, 6) is -0.871. The zero-order chi connectivity index (χ0) is 14.9. The van der Waals surface area contributed by atoms with Gasteiger partial charge < -0.3 is 0 Å². The van der Waals surface area contributed by atoms with Crippen molar-refractivity contribution in [1.82, 2.24) is 0 Å². The molecule has 0 heterocycles. The highest BCUT2D eigenvalue weighted by Gasteiger charge is 2.21. The number of aryl methyl sites for hydroxylation is 4. The molecule has 2 aromatic carbocycles. The fourth-order valence-electron chi connectivity index (χ4n) is 2.38. The van der Waals surface area contributed by atoms with E-state index < -0.39 is 11.6 Å². The second-order valence-corrected chi connectivity index (χ2v) is 5.29. The lowest BCUT2D eigenvalue weighted by Crippen LogP contribution is -2.17. The molecule has 0 fully saturated rings. The van der Waals surface area contributed by atoms with Crippen LogP contribution in [-0.4, -0.2) is 11.6 Å². The summed E-state index contributed by atoms with van der Waals surface area (Å²) in [7, 11) is 0. The van der Waals surface area contributed by atoms with Gasteiger partial charge >= 0.3 is 0 Å². The molecule has 0 aromatic heterocycles. The number of carbonyl (C=O) groups is 2. The van der Waals surface area contributed by atoms with E-state index in [9.17, 15) is 9.59 Å². The first-order chi connectivity index (χ1) is 9.40. The van der Waals surface area contributed by atoms with Gasteiger partial charge in [-0.2, -0.15) is 0 Å². The fourth-order valence-corrected chi connectivity index (χ4v) is 2.38. The molecule has 0 amide bonds. The Kier molecular flexibility index (Phi) is 3.84. The van der Waals surface area contributed by atoms with Crippen LogP contribution < -0.4 is 0 Å². The molecule has 0 atom stereocenters. The molecule has 0 unspecified atom stereocenters. The highest BCUT2D eigenvalue weighted by Crippen LogP contribution is 2.17. The minimum Gasteiger partial charge on any atom is -0.285 e. The van der Waals surface area contributed by atoms with E-state index in [0.29, 0.717) is 11.1 Å². The molecular weight excluding hydrogens is 248 g/mol. The first-order valence-corrected chi connectivity index (χ1v) is 6.63. The zero-order valence-electron chi connectivity index (χ0n) is 12.3. The number of carbonyl (C=O) groups excluding carboxylic acids is 2. The normalized spacial score (nSPS) is 10.4. The number of benzene rings is 2. The second kappa shape index (κ2) is 5.41. The number of rotatable bonds is 3. The van der Waals surface area contributed by atoms with Crippen molar-refractivity contribution in [2.75, 3.05) is 0 Å². The number of ketones is 2. The van der Waals surface area contributed by atoms with Gasteiger partial charge in [0.2, 0.25) is 11.6 Å². The molecule has 2 rings (SSSR count). The number of Topliss-reactive ketones (excluding diaryl/α,β-unsaturated/α-hetero) is 2. The van der Waals surface area contributed by atoms with Crippen LogP contribution in [0.4, 0.5) is 0 Å².